The Kier molecular flexibility index (Phi) is 5.12. The second kappa shape index (κ2) is 7.84. The van der Waals surface area contributed by atoms with Gasteiger partial charge in [-0.2, -0.15) is 0 Å². The van der Waals surface area contributed by atoms with E-state index in [2.05, 4.69) is 34.3 Å². The summed E-state index contributed by atoms with van der Waals surface area (Å²) in [6, 6.07) is 16.2. The summed E-state index contributed by atoms with van der Waals surface area (Å²) in [7, 11) is 0. The third-order valence-corrected chi connectivity index (χ3v) is 5.18. The molecular weight excluding hydrogens is 338 g/mol. The van der Waals surface area contributed by atoms with Crippen molar-refractivity contribution < 1.29 is 9.53 Å². The number of fused-ring (bicyclic) bond motifs is 1. The minimum Gasteiger partial charge on any atom is -0.484 e. The lowest BCUT2D eigenvalue weighted by Crippen LogP contribution is -2.49. The van der Waals surface area contributed by atoms with Crippen molar-refractivity contribution in [2.45, 2.75) is 13.5 Å². The van der Waals surface area contributed by atoms with Crippen LogP contribution in [-0.4, -0.2) is 53.5 Å². The zero-order chi connectivity index (χ0) is 18.6. The molecule has 1 N–H and O–H groups in total. The highest BCUT2D eigenvalue weighted by Crippen LogP contribution is 2.20. The van der Waals surface area contributed by atoms with Crippen LogP contribution < -0.4 is 4.74 Å². The Balaban J connectivity index is 1.27. The molecule has 1 amide bonds. The van der Waals surface area contributed by atoms with Crippen LogP contribution in [0.15, 0.2) is 54.7 Å². The van der Waals surface area contributed by atoms with Gasteiger partial charge in [0.1, 0.15) is 5.75 Å². The fourth-order valence-electron chi connectivity index (χ4n) is 3.53. The first-order valence-corrected chi connectivity index (χ1v) is 9.43. The molecule has 3 aromatic rings. The van der Waals surface area contributed by atoms with E-state index >= 15 is 0 Å². The summed E-state index contributed by atoms with van der Waals surface area (Å²) in [4.78, 5) is 20.1. The SMILES string of the molecule is Cc1ccc(OCC(=O)N2CCN(Cc3c[nH]c4ccccc34)CC2)cc1. The first-order valence-electron chi connectivity index (χ1n) is 9.43. The summed E-state index contributed by atoms with van der Waals surface area (Å²) >= 11 is 0. The highest BCUT2D eigenvalue weighted by molar-refractivity contribution is 5.83. The van der Waals surface area contributed by atoms with Crippen molar-refractivity contribution in [1.29, 1.82) is 0 Å². The van der Waals surface area contributed by atoms with Gasteiger partial charge in [0.05, 0.1) is 0 Å². The van der Waals surface area contributed by atoms with Crippen molar-refractivity contribution in [1.82, 2.24) is 14.8 Å². The van der Waals surface area contributed by atoms with E-state index in [4.69, 9.17) is 4.74 Å². The maximum absolute atomic E-state index is 12.4. The van der Waals surface area contributed by atoms with E-state index in [1.54, 1.807) is 0 Å². The van der Waals surface area contributed by atoms with Crippen LogP contribution in [0.1, 0.15) is 11.1 Å². The largest absolute Gasteiger partial charge is 0.484 e. The van der Waals surface area contributed by atoms with Gasteiger partial charge in [0.2, 0.25) is 0 Å². The molecule has 27 heavy (non-hydrogen) atoms. The Labute approximate surface area is 159 Å². The van der Waals surface area contributed by atoms with Crippen LogP contribution >= 0.6 is 0 Å². The van der Waals surface area contributed by atoms with E-state index < -0.39 is 0 Å². The predicted molar refractivity (Wildman–Crippen MR) is 107 cm³/mol. The molecule has 0 saturated carbocycles. The molecule has 2 heterocycles. The number of amides is 1. The number of carbonyl (C=O) groups is 1. The smallest absolute Gasteiger partial charge is 0.260 e. The number of H-pyrrole nitrogens is 1. The van der Waals surface area contributed by atoms with Crippen molar-refractivity contribution in [3.05, 3.63) is 65.9 Å². The molecule has 0 bridgehead atoms. The van der Waals surface area contributed by atoms with Crippen molar-refractivity contribution in [3.8, 4) is 5.75 Å². The van der Waals surface area contributed by atoms with Crippen LogP contribution in [0, 0.1) is 6.92 Å². The number of ether oxygens (including phenoxy) is 1. The molecule has 0 aliphatic carbocycles. The number of aromatic amines is 1. The minimum atomic E-state index is 0.0577. The average Bonchev–Trinajstić information content (AvgIpc) is 3.11. The van der Waals surface area contributed by atoms with E-state index in [0.717, 1.165) is 38.5 Å². The van der Waals surface area contributed by atoms with Gasteiger partial charge in [-0.05, 0) is 30.7 Å². The fourth-order valence-corrected chi connectivity index (χ4v) is 3.53. The van der Waals surface area contributed by atoms with Crippen LogP contribution in [0.2, 0.25) is 0 Å². The van der Waals surface area contributed by atoms with Crippen molar-refractivity contribution in [3.63, 3.8) is 0 Å². The molecule has 0 atom stereocenters. The van der Waals surface area contributed by atoms with E-state index in [1.807, 2.05) is 42.2 Å². The minimum absolute atomic E-state index is 0.0577. The summed E-state index contributed by atoms with van der Waals surface area (Å²) in [5, 5.41) is 1.28. The van der Waals surface area contributed by atoms with Crippen molar-refractivity contribution >= 4 is 16.8 Å². The van der Waals surface area contributed by atoms with Gasteiger partial charge in [-0.3, -0.25) is 9.69 Å². The van der Waals surface area contributed by atoms with Gasteiger partial charge in [-0.15, -0.1) is 0 Å². The van der Waals surface area contributed by atoms with Gasteiger partial charge in [0.15, 0.2) is 6.61 Å². The molecule has 1 aromatic heterocycles. The molecule has 140 valence electrons. The summed E-state index contributed by atoms with van der Waals surface area (Å²) in [6.45, 7) is 6.31. The number of carbonyl (C=O) groups excluding carboxylic acids is 1. The van der Waals surface area contributed by atoms with Gasteiger partial charge >= 0.3 is 0 Å². The van der Waals surface area contributed by atoms with Gasteiger partial charge in [-0.25, -0.2) is 0 Å². The number of para-hydroxylation sites is 1. The predicted octanol–water partition coefficient (Wildman–Crippen LogP) is 3.20. The maximum Gasteiger partial charge on any atom is 0.260 e. The van der Waals surface area contributed by atoms with E-state index in [-0.39, 0.29) is 12.5 Å². The van der Waals surface area contributed by atoms with Crippen LogP contribution in [0.4, 0.5) is 0 Å². The fraction of sp³-hybridized carbons (Fsp3) is 0.318. The molecule has 0 unspecified atom stereocenters. The monoisotopic (exact) mass is 363 g/mol. The van der Waals surface area contributed by atoms with Crippen molar-refractivity contribution in [2.75, 3.05) is 32.8 Å². The van der Waals surface area contributed by atoms with Crippen molar-refractivity contribution in [2.24, 2.45) is 0 Å². The molecule has 1 fully saturated rings. The molecule has 2 aromatic carbocycles. The second-order valence-electron chi connectivity index (χ2n) is 7.12. The van der Waals surface area contributed by atoms with Crippen LogP contribution in [0.3, 0.4) is 0 Å². The number of aromatic nitrogens is 1. The molecule has 5 heteroatoms. The Morgan fingerprint density at radius 3 is 2.56 bits per heavy atom. The van der Waals surface area contributed by atoms with Gasteiger partial charge in [0.25, 0.3) is 5.91 Å². The lowest BCUT2D eigenvalue weighted by molar-refractivity contribution is -0.135. The summed E-state index contributed by atoms with van der Waals surface area (Å²) in [5.74, 6) is 0.800. The van der Waals surface area contributed by atoms with Crippen LogP contribution in [-0.2, 0) is 11.3 Å². The normalized spacial score (nSPS) is 15.2. The molecule has 1 aliphatic rings. The van der Waals surface area contributed by atoms with Gasteiger partial charge < -0.3 is 14.6 Å². The molecule has 4 rings (SSSR count). The number of aryl methyl sites for hydroxylation is 1. The third-order valence-electron chi connectivity index (χ3n) is 5.18. The molecule has 0 spiro atoms. The quantitative estimate of drug-likeness (QED) is 0.757. The summed E-state index contributed by atoms with van der Waals surface area (Å²) in [5.41, 5.74) is 3.67. The third kappa shape index (κ3) is 4.14. The molecule has 1 aliphatic heterocycles. The van der Waals surface area contributed by atoms with Gasteiger partial charge in [0, 0.05) is 49.8 Å². The first kappa shape index (κ1) is 17.6. The number of piperazine rings is 1. The number of nitrogens with one attached hydrogen (secondary N) is 1. The molecular formula is C22H25N3O2. The topological polar surface area (TPSA) is 48.6 Å². The number of benzene rings is 2. The molecule has 0 radical (unpaired) electrons. The van der Waals surface area contributed by atoms with Crippen LogP contribution in [0.5, 0.6) is 5.75 Å². The number of rotatable bonds is 5. The Bertz CT molecular complexity index is 909. The lowest BCUT2D eigenvalue weighted by Gasteiger charge is -2.34. The van der Waals surface area contributed by atoms with Gasteiger partial charge in [-0.1, -0.05) is 35.9 Å². The Morgan fingerprint density at radius 1 is 1.04 bits per heavy atom. The lowest BCUT2D eigenvalue weighted by atomic mass is 10.1. The maximum atomic E-state index is 12.4. The summed E-state index contributed by atoms with van der Waals surface area (Å²) in [6.07, 6.45) is 2.09. The summed E-state index contributed by atoms with van der Waals surface area (Å²) < 4.78 is 5.63. The number of hydrogen-bond donors (Lipinski definition) is 1. The zero-order valence-electron chi connectivity index (χ0n) is 15.6. The molecule has 5 nitrogen and oxygen atoms in total. The Hall–Kier alpha value is -2.79. The first-order chi connectivity index (χ1) is 13.2. The van der Waals surface area contributed by atoms with Crippen LogP contribution in [0.25, 0.3) is 10.9 Å². The zero-order valence-corrected chi connectivity index (χ0v) is 15.6. The standard InChI is InChI=1S/C22H25N3O2/c1-17-6-8-19(9-7-17)27-16-22(26)25-12-10-24(11-13-25)15-18-14-23-21-5-3-2-4-20(18)21/h2-9,14,23H,10-13,15-16H2,1H3. The number of hydrogen-bond acceptors (Lipinski definition) is 3. The van der Waals surface area contributed by atoms with E-state index in [9.17, 15) is 4.79 Å². The van der Waals surface area contributed by atoms with E-state index in [1.165, 1.54) is 22.0 Å². The Morgan fingerprint density at radius 2 is 1.78 bits per heavy atom. The molecule has 1 saturated heterocycles. The highest BCUT2D eigenvalue weighted by Gasteiger charge is 2.22. The highest BCUT2D eigenvalue weighted by atomic mass is 16.5. The second-order valence-corrected chi connectivity index (χ2v) is 7.12. The average molecular weight is 363 g/mol. The van der Waals surface area contributed by atoms with E-state index in [0.29, 0.717) is 0 Å². The number of nitrogens with zero attached hydrogens (tertiary/aromatic N) is 2.